The largest absolute Gasteiger partial charge is 0.367 e. The van der Waals surface area contributed by atoms with Crippen LogP contribution in [-0.4, -0.2) is 52.9 Å². The summed E-state index contributed by atoms with van der Waals surface area (Å²) in [4.78, 5) is 28.6. The molecule has 27 heavy (non-hydrogen) atoms. The summed E-state index contributed by atoms with van der Waals surface area (Å²) in [7, 11) is 0. The van der Waals surface area contributed by atoms with E-state index >= 15 is 0 Å². The number of nitrogens with zero attached hydrogens (tertiary/aromatic N) is 4. The number of hydrogen-bond acceptors (Lipinski definition) is 4. The second kappa shape index (κ2) is 7.40. The van der Waals surface area contributed by atoms with Crippen LogP contribution < -0.4 is 15.8 Å². The fourth-order valence-corrected chi connectivity index (χ4v) is 4.05. The van der Waals surface area contributed by atoms with Gasteiger partial charge in [0.05, 0.1) is 23.6 Å². The van der Waals surface area contributed by atoms with Crippen molar-refractivity contribution in [2.45, 2.75) is 18.9 Å². The maximum Gasteiger partial charge on any atom is 0.317 e. The number of rotatable bonds is 3. The van der Waals surface area contributed by atoms with Crippen LogP contribution in [0.5, 0.6) is 0 Å². The molecule has 3 heterocycles. The number of aromatic nitrogens is 2. The first kappa shape index (κ1) is 18.1. The van der Waals surface area contributed by atoms with Gasteiger partial charge in [-0.05, 0) is 37.1 Å². The molecule has 1 N–H and O–H groups in total. The van der Waals surface area contributed by atoms with Crippen molar-refractivity contribution in [2.75, 3.05) is 31.1 Å². The lowest BCUT2D eigenvalue weighted by molar-refractivity contribution is 0.189. The Labute approximate surface area is 166 Å². The van der Waals surface area contributed by atoms with Crippen LogP contribution in [0.25, 0.3) is 5.69 Å². The van der Waals surface area contributed by atoms with Crippen molar-refractivity contribution in [3.8, 4) is 5.69 Å². The van der Waals surface area contributed by atoms with Gasteiger partial charge in [-0.15, -0.1) is 0 Å². The van der Waals surface area contributed by atoms with Gasteiger partial charge in [-0.3, -0.25) is 4.79 Å². The second-order valence-corrected chi connectivity index (χ2v) is 7.52. The van der Waals surface area contributed by atoms with Gasteiger partial charge in [-0.1, -0.05) is 23.2 Å². The predicted octanol–water partition coefficient (Wildman–Crippen LogP) is 2.53. The van der Waals surface area contributed by atoms with Crippen molar-refractivity contribution in [1.29, 1.82) is 0 Å². The summed E-state index contributed by atoms with van der Waals surface area (Å²) in [5.41, 5.74) is 0.830. The highest BCUT2D eigenvalue weighted by Crippen LogP contribution is 2.27. The Hall–Kier alpha value is -2.25. The maximum atomic E-state index is 12.7. The van der Waals surface area contributed by atoms with E-state index in [-0.39, 0.29) is 22.7 Å². The minimum atomic E-state index is -0.377. The summed E-state index contributed by atoms with van der Waals surface area (Å²) >= 11 is 12.3. The van der Waals surface area contributed by atoms with Gasteiger partial charge in [-0.25, -0.2) is 4.79 Å². The van der Waals surface area contributed by atoms with E-state index in [1.54, 1.807) is 30.5 Å². The molecule has 2 saturated heterocycles. The van der Waals surface area contributed by atoms with E-state index < -0.39 is 0 Å². The maximum absolute atomic E-state index is 12.7. The molecule has 1 atom stereocenters. The van der Waals surface area contributed by atoms with Gasteiger partial charge in [0.2, 0.25) is 0 Å². The van der Waals surface area contributed by atoms with Gasteiger partial charge in [0.15, 0.2) is 0 Å². The van der Waals surface area contributed by atoms with Gasteiger partial charge in [0, 0.05) is 31.2 Å². The van der Waals surface area contributed by atoms with Gasteiger partial charge >= 0.3 is 6.03 Å². The van der Waals surface area contributed by atoms with Gasteiger partial charge in [0.25, 0.3) is 5.56 Å². The molecular weight excluding hydrogens is 389 g/mol. The van der Waals surface area contributed by atoms with Crippen LogP contribution in [0.2, 0.25) is 10.0 Å². The van der Waals surface area contributed by atoms with Crippen LogP contribution in [0.15, 0.2) is 35.3 Å². The number of hydrogen-bond donors (Lipinski definition) is 1. The molecule has 2 aromatic rings. The van der Waals surface area contributed by atoms with Crippen molar-refractivity contribution >= 4 is 34.9 Å². The van der Waals surface area contributed by atoms with Gasteiger partial charge in [-0.2, -0.15) is 9.78 Å². The molecule has 9 heteroatoms. The van der Waals surface area contributed by atoms with Crippen LogP contribution in [0.4, 0.5) is 10.5 Å². The smallest absolute Gasteiger partial charge is 0.317 e. The number of urea groups is 1. The summed E-state index contributed by atoms with van der Waals surface area (Å²) in [5, 5.41) is 7.85. The molecule has 1 aromatic heterocycles. The third-order valence-corrected chi connectivity index (χ3v) is 5.65. The molecule has 142 valence electrons. The average molecular weight is 408 g/mol. The summed E-state index contributed by atoms with van der Waals surface area (Å²) in [6.07, 6.45) is 3.48. The average Bonchev–Trinajstić information content (AvgIpc) is 3.11. The number of nitrogens with one attached hydrogen (secondary N) is 1. The quantitative estimate of drug-likeness (QED) is 0.848. The number of carbonyl (C=O) groups is 1. The molecule has 2 aliphatic rings. The topological polar surface area (TPSA) is 70.5 Å². The molecule has 0 spiro atoms. The van der Waals surface area contributed by atoms with E-state index in [9.17, 15) is 9.59 Å². The Kier molecular flexibility index (Phi) is 4.97. The van der Waals surface area contributed by atoms with E-state index in [1.165, 1.54) is 4.68 Å². The summed E-state index contributed by atoms with van der Waals surface area (Å²) < 4.78 is 1.26. The first-order valence-corrected chi connectivity index (χ1v) is 9.63. The van der Waals surface area contributed by atoms with E-state index in [2.05, 4.69) is 10.4 Å². The first-order chi connectivity index (χ1) is 13.0. The molecule has 2 aliphatic heterocycles. The molecule has 0 bridgehead atoms. The number of carbonyl (C=O) groups excluding carboxylic acids is 1. The lowest BCUT2D eigenvalue weighted by Gasteiger charge is -2.38. The fraction of sp³-hybridized carbons (Fsp3) is 0.389. The Bertz CT molecular complexity index is 915. The molecule has 1 aromatic carbocycles. The molecule has 7 nitrogen and oxygen atoms in total. The monoisotopic (exact) mass is 407 g/mol. The summed E-state index contributed by atoms with van der Waals surface area (Å²) in [5.74, 6) is 0. The molecule has 4 rings (SSSR count). The molecule has 0 saturated carbocycles. The fourth-order valence-electron chi connectivity index (χ4n) is 3.67. The molecule has 0 radical (unpaired) electrons. The van der Waals surface area contributed by atoms with E-state index in [1.807, 2.05) is 9.80 Å². The summed E-state index contributed by atoms with van der Waals surface area (Å²) in [6, 6.07) is 6.91. The predicted molar refractivity (Wildman–Crippen MR) is 105 cm³/mol. The second-order valence-electron chi connectivity index (χ2n) is 6.70. The normalized spacial score (nSPS) is 20.1. The lowest BCUT2D eigenvalue weighted by Crippen LogP contribution is -2.49. The standard InChI is InChI=1S/C18H19Cl2N5O2/c19-12-3-5-13(6-4-12)25-17(26)16(20)15(10-22-25)23-8-1-2-14(11-23)24-9-7-21-18(24)27/h3-6,10,14H,1-2,7-9,11H2,(H,21,27). The van der Waals surface area contributed by atoms with Crippen LogP contribution in [-0.2, 0) is 0 Å². The zero-order chi connectivity index (χ0) is 19.0. The highest BCUT2D eigenvalue weighted by Gasteiger charge is 2.32. The van der Waals surface area contributed by atoms with E-state index in [0.29, 0.717) is 36.0 Å². The van der Waals surface area contributed by atoms with Gasteiger partial charge in [0.1, 0.15) is 5.02 Å². The minimum Gasteiger partial charge on any atom is -0.367 e. The molecule has 0 aliphatic carbocycles. The number of halogens is 2. The zero-order valence-corrected chi connectivity index (χ0v) is 16.1. The van der Waals surface area contributed by atoms with E-state index in [4.69, 9.17) is 23.2 Å². The molecule has 2 fully saturated rings. The number of piperidine rings is 1. The Morgan fingerprint density at radius 1 is 1.11 bits per heavy atom. The minimum absolute atomic E-state index is 0.0239. The summed E-state index contributed by atoms with van der Waals surface area (Å²) in [6.45, 7) is 2.80. The van der Waals surface area contributed by atoms with Crippen molar-refractivity contribution in [2.24, 2.45) is 0 Å². The van der Waals surface area contributed by atoms with Gasteiger partial charge < -0.3 is 15.1 Å². The lowest BCUT2D eigenvalue weighted by atomic mass is 10.0. The number of benzene rings is 1. The highest BCUT2D eigenvalue weighted by atomic mass is 35.5. The molecule has 1 unspecified atom stereocenters. The highest BCUT2D eigenvalue weighted by molar-refractivity contribution is 6.33. The number of amides is 2. The van der Waals surface area contributed by atoms with Crippen molar-refractivity contribution < 1.29 is 4.79 Å². The van der Waals surface area contributed by atoms with Crippen molar-refractivity contribution in [3.63, 3.8) is 0 Å². The zero-order valence-electron chi connectivity index (χ0n) is 14.6. The molecule has 2 amide bonds. The van der Waals surface area contributed by atoms with Crippen LogP contribution in [0, 0.1) is 0 Å². The number of anilines is 1. The van der Waals surface area contributed by atoms with E-state index in [0.717, 1.165) is 19.4 Å². The Balaban J connectivity index is 1.60. The third kappa shape index (κ3) is 3.49. The Morgan fingerprint density at radius 3 is 2.59 bits per heavy atom. The van der Waals surface area contributed by atoms with Crippen LogP contribution >= 0.6 is 23.2 Å². The SMILES string of the molecule is O=C1NCCN1C1CCCN(c2cnn(-c3ccc(Cl)cc3)c(=O)c2Cl)C1. The first-order valence-electron chi connectivity index (χ1n) is 8.88. The van der Waals surface area contributed by atoms with Crippen LogP contribution in [0.3, 0.4) is 0 Å². The van der Waals surface area contributed by atoms with Crippen molar-refractivity contribution in [3.05, 3.63) is 50.9 Å². The van der Waals surface area contributed by atoms with Crippen LogP contribution in [0.1, 0.15) is 12.8 Å². The Morgan fingerprint density at radius 2 is 1.89 bits per heavy atom. The molecular formula is C18H19Cl2N5O2. The van der Waals surface area contributed by atoms with Crippen molar-refractivity contribution in [1.82, 2.24) is 20.0 Å². The third-order valence-electron chi connectivity index (χ3n) is 5.04.